The molecule has 0 unspecified atom stereocenters. The number of hydrogen-bond donors (Lipinski definition) is 8. The largest absolute Gasteiger partial charge is 0.465 e. The van der Waals surface area contributed by atoms with Crippen LogP contribution >= 0.6 is 0 Å². The van der Waals surface area contributed by atoms with E-state index >= 15 is 0 Å². The second-order valence-corrected chi connectivity index (χ2v) is 11.3. The van der Waals surface area contributed by atoms with Crippen LogP contribution in [0.25, 0.3) is 11.0 Å². The molecule has 14 heteroatoms. The predicted molar refractivity (Wildman–Crippen MR) is 151 cm³/mol. The van der Waals surface area contributed by atoms with Crippen LogP contribution in [0.4, 0.5) is 5.82 Å². The van der Waals surface area contributed by atoms with Gasteiger partial charge < -0.3 is 47.6 Å². The highest BCUT2D eigenvalue weighted by atomic mass is 16.5. The molecule has 226 valence electrons. The fraction of sp³-hybridized carbons (Fsp3) is 0.667. The number of ether oxygens (including phenoxy) is 1. The quantitative estimate of drug-likeness (QED) is 0.102. The number of fused-ring (bicyclic) bond motifs is 1. The Morgan fingerprint density at radius 1 is 1.15 bits per heavy atom. The van der Waals surface area contributed by atoms with Crippen LogP contribution in [0.15, 0.2) is 17.5 Å². The number of carbonyl (C=O) groups excluding carboxylic acids is 2. The summed E-state index contributed by atoms with van der Waals surface area (Å²) in [5.74, 6) is -3.35. The second kappa shape index (κ2) is 12.6. The number of nitrogens with two attached hydrogens (primary N) is 3. The molecular weight excluding hydrogens is 532 g/mol. The lowest BCUT2D eigenvalue weighted by Crippen LogP contribution is -2.51. The van der Waals surface area contributed by atoms with E-state index in [1.807, 2.05) is 13.8 Å². The Balaban J connectivity index is 1.48. The van der Waals surface area contributed by atoms with Crippen molar-refractivity contribution in [1.82, 2.24) is 20.3 Å². The van der Waals surface area contributed by atoms with Crippen molar-refractivity contribution in [2.24, 2.45) is 40.1 Å². The van der Waals surface area contributed by atoms with E-state index in [1.165, 1.54) is 13.3 Å². The van der Waals surface area contributed by atoms with Crippen LogP contribution in [0.5, 0.6) is 0 Å². The van der Waals surface area contributed by atoms with Crippen LogP contribution in [0, 0.1) is 23.7 Å². The number of amides is 1. The van der Waals surface area contributed by atoms with Crippen molar-refractivity contribution in [2.75, 3.05) is 12.3 Å². The summed E-state index contributed by atoms with van der Waals surface area (Å²) in [5.41, 5.74) is 19.1. The molecule has 0 radical (unpaired) electrons. The third-order valence-electron chi connectivity index (χ3n) is 8.87. The molecule has 11 N–H and O–H groups in total. The van der Waals surface area contributed by atoms with Gasteiger partial charge in [-0.2, -0.15) is 0 Å². The van der Waals surface area contributed by atoms with Crippen molar-refractivity contribution < 1.29 is 29.6 Å². The summed E-state index contributed by atoms with van der Waals surface area (Å²) in [6, 6.07) is -1.06. The number of hydrogen-bond acceptors (Lipinski definition) is 10. The van der Waals surface area contributed by atoms with E-state index < -0.39 is 60.0 Å². The number of anilines is 1. The summed E-state index contributed by atoms with van der Waals surface area (Å²) < 4.78 is 5.63. The van der Waals surface area contributed by atoms with Gasteiger partial charge >= 0.3 is 5.97 Å². The lowest BCUT2D eigenvalue weighted by atomic mass is 9.80. The number of aromatic nitrogens is 3. The molecule has 2 aromatic rings. The summed E-state index contributed by atoms with van der Waals surface area (Å²) in [5, 5.41) is 36.0. The van der Waals surface area contributed by atoms with Gasteiger partial charge in [-0.1, -0.05) is 26.7 Å². The van der Waals surface area contributed by atoms with Gasteiger partial charge in [0, 0.05) is 42.5 Å². The Morgan fingerprint density at radius 3 is 2.49 bits per heavy atom. The lowest BCUT2D eigenvalue weighted by Gasteiger charge is -2.35. The third kappa shape index (κ3) is 6.09. The van der Waals surface area contributed by atoms with Crippen LogP contribution < -0.4 is 22.5 Å². The highest BCUT2D eigenvalue weighted by Gasteiger charge is 2.52. The number of nitrogen functional groups attached to an aromatic ring is 1. The topological polar surface area (TPSA) is 248 Å². The summed E-state index contributed by atoms with van der Waals surface area (Å²) in [6.45, 7) is 5.25. The normalized spacial score (nSPS) is 30.4. The number of rotatable bonds is 10. The zero-order valence-corrected chi connectivity index (χ0v) is 23.6. The molecule has 41 heavy (non-hydrogen) atoms. The van der Waals surface area contributed by atoms with Gasteiger partial charge in [0.1, 0.15) is 11.8 Å². The Bertz CT molecular complexity index is 1260. The highest BCUT2D eigenvalue weighted by molar-refractivity contribution is 5.87. The molecular formula is C27H42N8O6. The SMILES string of the molecule is CCC(CC)[C@H](NC(C)=O)[C@@H]1[C@H](O)[C@@H](C(=O)OC[C@H]2C[C@@H](c3c[nH]c4c(N)ncnc34)[C@H](O)[C@@H]2O)C[C@H]1N=C(N)N. The smallest absolute Gasteiger partial charge is 0.311 e. The molecule has 1 amide bonds. The molecule has 2 heterocycles. The zero-order chi connectivity index (χ0) is 30.0. The molecule has 9 atom stereocenters. The van der Waals surface area contributed by atoms with Crippen LogP contribution in [-0.4, -0.2) is 85.1 Å². The number of nitrogens with one attached hydrogen (secondary N) is 2. The molecule has 0 aromatic carbocycles. The third-order valence-corrected chi connectivity index (χ3v) is 8.87. The standard InChI is InChI=1S/C27H42N8O6/c1-4-12(5-2)19(34-11(3)36)18-17(35-27(29)30)7-15(23(18)38)26(40)41-9-13-6-14(24(39)22(13)37)16-8-31-21-20(16)32-10-33-25(21)28/h8,10,12-15,17-19,22-24,31,37-39H,4-7,9H2,1-3H3,(H,34,36)(H2,28,32,33)(H4,29,30,35)/t13-,14+,15+,17-,18-,19+,22-,23-,24+/m1/s1. The van der Waals surface area contributed by atoms with Gasteiger partial charge in [0.25, 0.3) is 0 Å². The van der Waals surface area contributed by atoms with E-state index in [1.54, 1.807) is 6.20 Å². The van der Waals surface area contributed by atoms with Gasteiger partial charge in [0.2, 0.25) is 5.91 Å². The van der Waals surface area contributed by atoms with E-state index in [2.05, 4.69) is 25.3 Å². The fourth-order valence-corrected chi connectivity index (χ4v) is 6.79. The monoisotopic (exact) mass is 574 g/mol. The zero-order valence-electron chi connectivity index (χ0n) is 23.6. The van der Waals surface area contributed by atoms with Crippen molar-refractivity contribution in [2.45, 2.75) is 82.8 Å². The van der Waals surface area contributed by atoms with Crippen molar-refractivity contribution in [3.8, 4) is 0 Å². The Labute approximate surface area is 238 Å². The second-order valence-electron chi connectivity index (χ2n) is 11.3. The first kappa shape index (κ1) is 30.5. The number of guanidine groups is 1. The van der Waals surface area contributed by atoms with E-state index in [-0.39, 0.29) is 36.6 Å². The van der Waals surface area contributed by atoms with Crippen LogP contribution in [0.1, 0.15) is 57.9 Å². The number of aliphatic hydroxyl groups is 3. The van der Waals surface area contributed by atoms with Gasteiger partial charge in [-0.25, -0.2) is 15.0 Å². The van der Waals surface area contributed by atoms with E-state index in [0.717, 1.165) is 12.8 Å². The Hall–Kier alpha value is -3.49. The number of H-pyrrole nitrogens is 1. The fourth-order valence-electron chi connectivity index (χ4n) is 6.79. The average Bonchev–Trinajstić information content (AvgIpc) is 3.57. The molecule has 0 spiro atoms. The van der Waals surface area contributed by atoms with Gasteiger partial charge in [-0.05, 0) is 18.8 Å². The minimum Gasteiger partial charge on any atom is -0.465 e. The first-order chi connectivity index (χ1) is 19.5. The van der Waals surface area contributed by atoms with Gasteiger partial charge in [-0.15, -0.1) is 0 Å². The molecule has 0 saturated heterocycles. The molecule has 2 saturated carbocycles. The maximum Gasteiger partial charge on any atom is 0.311 e. The molecule has 0 bridgehead atoms. The molecule has 2 fully saturated rings. The van der Waals surface area contributed by atoms with Crippen molar-refractivity contribution in [1.29, 1.82) is 0 Å². The average molecular weight is 575 g/mol. The van der Waals surface area contributed by atoms with Gasteiger partial charge in [0.05, 0.1) is 42.4 Å². The van der Waals surface area contributed by atoms with Crippen LogP contribution in [0.2, 0.25) is 0 Å². The van der Waals surface area contributed by atoms with Gasteiger partial charge in [-0.3, -0.25) is 9.59 Å². The number of nitrogens with zero attached hydrogens (tertiary/aromatic N) is 3. The molecule has 2 aromatic heterocycles. The number of aliphatic hydroxyl groups excluding tert-OH is 3. The lowest BCUT2D eigenvalue weighted by molar-refractivity contribution is -0.154. The predicted octanol–water partition coefficient (Wildman–Crippen LogP) is -0.511. The molecule has 2 aliphatic rings. The molecule has 4 rings (SSSR count). The minimum absolute atomic E-state index is 0.0298. The first-order valence-corrected chi connectivity index (χ1v) is 14.1. The molecule has 2 aliphatic carbocycles. The van der Waals surface area contributed by atoms with Crippen LogP contribution in [-0.2, 0) is 14.3 Å². The summed E-state index contributed by atoms with van der Waals surface area (Å²) >= 11 is 0. The van der Waals surface area contributed by atoms with Crippen molar-refractivity contribution in [3.05, 3.63) is 18.1 Å². The number of carbonyl (C=O) groups is 2. The van der Waals surface area contributed by atoms with E-state index in [0.29, 0.717) is 23.0 Å². The Kier molecular flexibility index (Phi) is 9.34. The maximum absolute atomic E-state index is 13.3. The van der Waals surface area contributed by atoms with Crippen molar-refractivity contribution in [3.63, 3.8) is 0 Å². The Morgan fingerprint density at radius 2 is 1.85 bits per heavy atom. The number of aliphatic imine (C=N–C) groups is 1. The summed E-state index contributed by atoms with van der Waals surface area (Å²) in [6.07, 6.45) is 1.55. The van der Waals surface area contributed by atoms with Crippen LogP contribution in [0.3, 0.4) is 0 Å². The van der Waals surface area contributed by atoms with Crippen molar-refractivity contribution >= 4 is 34.7 Å². The van der Waals surface area contributed by atoms with E-state index in [4.69, 9.17) is 21.9 Å². The molecule has 14 nitrogen and oxygen atoms in total. The number of esters is 1. The summed E-state index contributed by atoms with van der Waals surface area (Å²) in [4.78, 5) is 40.9. The first-order valence-electron chi connectivity index (χ1n) is 14.1. The molecule has 0 aliphatic heterocycles. The highest BCUT2D eigenvalue weighted by Crippen LogP contribution is 2.43. The van der Waals surface area contributed by atoms with E-state index in [9.17, 15) is 24.9 Å². The van der Waals surface area contributed by atoms with Gasteiger partial charge in [0.15, 0.2) is 11.8 Å². The summed E-state index contributed by atoms with van der Waals surface area (Å²) in [7, 11) is 0. The minimum atomic E-state index is -1.17. The number of aromatic amines is 1. The maximum atomic E-state index is 13.3.